The van der Waals surface area contributed by atoms with Crippen molar-refractivity contribution in [3.8, 4) is 0 Å². The molecule has 7 heteroatoms. The van der Waals surface area contributed by atoms with Crippen LogP contribution in [-0.4, -0.2) is 54.7 Å². The molecule has 0 aromatic heterocycles. The number of carboxylic acids is 1. The van der Waals surface area contributed by atoms with Gasteiger partial charge in [0.1, 0.15) is 6.54 Å². The number of esters is 1. The van der Waals surface area contributed by atoms with Crippen LogP contribution in [0, 0.1) is 5.92 Å². The van der Waals surface area contributed by atoms with E-state index in [1.54, 1.807) is 0 Å². The van der Waals surface area contributed by atoms with E-state index >= 15 is 0 Å². The minimum Gasteiger partial charge on any atom is -0.481 e. The first-order valence-electron chi connectivity index (χ1n) is 5.75. The molecule has 0 radical (unpaired) electrons. The van der Waals surface area contributed by atoms with Crippen molar-refractivity contribution in [3.63, 3.8) is 0 Å². The molecule has 0 spiro atoms. The number of aliphatic carboxylic acids is 1. The summed E-state index contributed by atoms with van der Waals surface area (Å²) in [6.07, 6.45) is 1.66. The summed E-state index contributed by atoms with van der Waals surface area (Å²) in [4.78, 5) is 34.6. The third-order valence-electron chi connectivity index (χ3n) is 3.05. The van der Waals surface area contributed by atoms with E-state index in [-0.39, 0.29) is 18.5 Å². The van der Waals surface area contributed by atoms with Gasteiger partial charge in [-0.25, -0.2) is 4.79 Å². The molecule has 0 aromatic rings. The Balaban J connectivity index is 2.37. The number of likely N-dealkylation sites (N-methyl/N-ethyl adjacent to an activating group) is 1. The number of ether oxygens (including phenoxy) is 1. The summed E-state index contributed by atoms with van der Waals surface area (Å²) in [5.41, 5.74) is 0. The molecule has 1 saturated carbocycles. The van der Waals surface area contributed by atoms with Gasteiger partial charge >= 0.3 is 18.0 Å². The lowest BCUT2D eigenvalue weighted by molar-refractivity contribution is -0.142. The van der Waals surface area contributed by atoms with Crippen molar-refractivity contribution < 1.29 is 24.2 Å². The SMILES string of the molecule is COC(=O)CN(C)C(=O)N[C@H]1CC[C@@H](C(=O)O)C1. The van der Waals surface area contributed by atoms with E-state index in [4.69, 9.17) is 5.11 Å². The van der Waals surface area contributed by atoms with Crippen LogP contribution in [0.25, 0.3) is 0 Å². The van der Waals surface area contributed by atoms with E-state index in [2.05, 4.69) is 10.1 Å². The smallest absolute Gasteiger partial charge is 0.325 e. The standard InChI is InChI=1S/C11H18N2O5/c1-13(6-9(14)18-2)11(17)12-8-4-3-7(5-8)10(15)16/h7-8H,3-6H2,1-2H3,(H,12,17)(H,15,16)/t7-,8+/m1/s1. The maximum atomic E-state index is 11.7. The molecule has 0 heterocycles. The molecule has 2 amide bonds. The van der Waals surface area contributed by atoms with Crippen molar-refractivity contribution in [2.24, 2.45) is 5.92 Å². The molecule has 2 N–H and O–H groups in total. The Morgan fingerprint density at radius 1 is 1.39 bits per heavy atom. The molecule has 1 aliphatic carbocycles. The average molecular weight is 258 g/mol. The van der Waals surface area contributed by atoms with Gasteiger partial charge in [0.05, 0.1) is 13.0 Å². The van der Waals surface area contributed by atoms with Gasteiger partial charge < -0.3 is 20.1 Å². The van der Waals surface area contributed by atoms with Crippen molar-refractivity contribution in [2.75, 3.05) is 20.7 Å². The Kier molecular flexibility index (Phi) is 4.94. The van der Waals surface area contributed by atoms with Crippen molar-refractivity contribution >= 4 is 18.0 Å². The number of amides is 2. The zero-order chi connectivity index (χ0) is 13.7. The number of carbonyl (C=O) groups excluding carboxylic acids is 2. The van der Waals surface area contributed by atoms with Crippen molar-refractivity contribution in [1.29, 1.82) is 0 Å². The first kappa shape index (κ1) is 14.3. The number of urea groups is 1. The summed E-state index contributed by atoms with van der Waals surface area (Å²) in [6, 6.07) is -0.532. The van der Waals surface area contributed by atoms with Crippen LogP contribution in [0.3, 0.4) is 0 Å². The number of hydrogen-bond donors (Lipinski definition) is 2. The highest BCUT2D eigenvalue weighted by Gasteiger charge is 2.31. The molecular formula is C11H18N2O5. The summed E-state index contributed by atoms with van der Waals surface area (Å²) >= 11 is 0. The molecule has 2 atom stereocenters. The molecule has 0 unspecified atom stereocenters. The Labute approximate surface area is 105 Å². The van der Waals surface area contributed by atoms with E-state index in [0.29, 0.717) is 19.3 Å². The number of carbonyl (C=O) groups is 3. The van der Waals surface area contributed by atoms with Crippen LogP contribution in [-0.2, 0) is 14.3 Å². The molecule has 0 aliphatic heterocycles. The fourth-order valence-electron chi connectivity index (χ4n) is 1.95. The minimum atomic E-state index is -0.824. The molecule has 0 aromatic carbocycles. The molecule has 0 bridgehead atoms. The molecule has 7 nitrogen and oxygen atoms in total. The lowest BCUT2D eigenvalue weighted by atomic mass is 10.1. The maximum Gasteiger partial charge on any atom is 0.325 e. The van der Waals surface area contributed by atoms with Crippen molar-refractivity contribution in [1.82, 2.24) is 10.2 Å². The van der Waals surface area contributed by atoms with Crippen LogP contribution in [0.1, 0.15) is 19.3 Å². The van der Waals surface area contributed by atoms with E-state index in [9.17, 15) is 14.4 Å². The highest BCUT2D eigenvalue weighted by atomic mass is 16.5. The first-order valence-corrected chi connectivity index (χ1v) is 5.75. The summed E-state index contributed by atoms with van der Waals surface area (Å²) in [5.74, 6) is -1.71. The predicted molar refractivity (Wildman–Crippen MR) is 61.9 cm³/mol. The summed E-state index contributed by atoms with van der Waals surface area (Å²) < 4.78 is 4.45. The molecule has 102 valence electrons. The molecule has 0 saturated heterocycles. The lowest BCUT2D eigenvalue weighted by Gasteiger charge is -2.19. The van der Waals surface area contributed by atoms with Crippen molar-refractivity contribution in [3.05, 3.63) is 0 Å². The molecule has 1 aliphatic rings. The molecule has 1 fully saturated rings. The van der Waals surface area contributed by atoms with Gasteiger partial charge in [0.25, 0.3) is 0 Å². The van der Waals surface area contributed by atoms with Gasteiger partial charge in [-0.15, -0.1) is 0 Å². The van der Waals surface area contributed by atoms with Gasteiger partial charge in [-0.05, 0) is 19.3 Å². The van der Waals surface area contributed by atoms with Gasteiger partial charge in [-0.1, -0.05) is 0 Å². The fraction of sp³-hybridized carbons (Fsp3) is 0.727. The largest absolute Gasteiger partial charge is 0.481 e. The predicted octanol–water partition coefficient (Wildman–Crippen LogP) is 0.0541. The van der Waals surface area contributed by atoms with E-state index in [1.807, 2.05) is 0 Å². The topological polar surface area (TPSA) is 95.9 Å². The Hall–Kier alpha value is -1.79. The zero-order valence-corrected chi connectivity index (χ0v) is 10.5. The van der Waals surface area contributed by atoms with Crippen molar-refractivity contribution in [2.45, 2.75) is 25.3 Å². The summed E-state index contributed by atoms with van der Waals surface area (Å²) in [7, 11) is 2.73. The van der Waals surface area contributed by atoms with Crippen LogP contribution in [0.4, 0.5) is 4.79 Å². The van der Waals surface area contributed by atoms with Crippen LogP contribution in [0.15, 0.2) is 0 Å². The van der Waals surface area contributed by atoms with Gasteiger partial charge in [-0.3, -0.25) is 9.59 Å². The number of methoxy groups -OCH3 is 1. The Morgan fingerprint density at radius 2 is 2.06 bits per heavy atom. The number of carboxylic acid groups (broad SMARTS) is 1. The lowest BCUT2D eigenvalue weighted by Crippen LogP contribution is -2.44. The Morgan fingerprint density at radius 3 is 2.56 bits per heavy atom. The Bertz CT molecular complexity index is 344. The van der Waals surface area contributed by atoms with E-state index in [0.717, 1.165) is 0 Å². The normalized spacial score (nSPS) is 22.3. The summed E-state index contributed by atoms with van der Waals surface area (Å²) in [5, 5.41) is 11.5. The highest BCUT2D eigenvalue weighted by molar-refractivity contribution is 5.81. The van der Waals surface area contributed by atoms with Gasteiger partial charge in [0, 0.05) is 13.1 Å². The molecular weight excluding hydrogens is 240 g/mol. The quantitative estimate of drug-likeness (QED) is 0.695. The zero-order valence-electron chi connectivity index (χ0n) is 10.5. The van der Waals surface area contributed by atoms with E-state index < -0.39 is 18.0 Å². The second kappa shape index (κ2) is 6.23. The minimum absolute atomic E-state index is 0.128. The average Bonchev–Trinajstić information content (AvgIpc) is 2.77. The monoisotopic (exact) mass is 258 g/mol. The van der Waals surface area contributed by atoms with Crippen LogP contribution < -0.4 is 5.32 Å². The van der Waals surface area contributed by atoms with Gasteiger partial charge in [0.2, 0.25) is 0 Å². The highest BCUT2D eigenvalue weighted by Crippen LogP contribution is 2.25. The number of nitrogens with zero attached hydrogens (tertiary/aromatic N) is 1. The molecule has 1 rings (SSSR count). The third-order valence-corrected chi connectivity index (χ3v) is 3.05. The third kappa shape index (κ3) is 3.90. The first-order chi connectivity index (χ1) is 8.43. The van der Waals surface area contributed by atoms with Crippen LogP contribution in [0.5, 0.6) is 0 Å². The van der Waals surface area contributed by atoms with Crippen LogP contribution in [0.2, 0.25) is 0 Å². The van der Waals surface area contributed by atoms with Crippen LogP contribution >= 0.6 is 0 Å². The number of hydrogen-bond acceptors (Lipinski definition) is 4. The second-order valence-electron chi connectivity index (χ2n) is 4.43. The van der Waals surface area contributed by atoms with Gasteiger partial charge in [-0.2, -0.15) is 0 Å². The molecule has 18 heavy (non-hydrogen) atoms. The van der Waals surface area contributed by atoms with Gasteiger partial charge in [0.15, 0.2) is 0 Å². The number of nitrogens with one attached hydrogen (secondary N) is 1. The number of rotatable bonds is 4. The fourth-order valence-corrected chi connectivity index (χ4v) is 1.95. The second-order valence-corrected chi connectivity index (χ2v) is 4.43. The summed E-state index contributed by atoms with van der Waals surface area (Å²) in [6.45, 7) is -0.128. The maximum absolute atomic E-state index is 11.7. The van der Waals surface area contributed by atoms with E-state index in [1.165, 1.54) is 19.1 Å².